The van der Waals surface area contributed by atoms with E-state index in [9.17, 15) is 0 Å². The van der Waals surface area contributed by atoms with E-state index in [1.165, 1.54) is 12.5 Å². The topological polar surface area (TPSA) is 61.0 Å². The van der Waals surface area contributed by atoms with Crippen molar-refractivity contribution in [3.63, 3.8) is 0 Å². The fourth-order valence-corrected chi connectivity index (χ4v) is 1.72. The molecule has 0 radical (unpaired) electrons. The number of aromatic nitrogens is 2. The second-order valence-electron chi connectivity index (χ2n) is 3.30. The summed E-state index contributed by atoms with van der Waals surface area (Å²) in [4.78, 5) is 7.77. The molecule has 0 saturated carbocycles. The average molecular weight is 280 g/mol. The van der Waals surface area contributed by atoms with Crippen LogP contribution in [-0.2, 0) is 0 Å². The first-order chi connectivity index (χ1) is 7.66. The summed E-state index contributed by atoms with van der Waals surface area (Å²) in [5.41, 5.74) is 7.12. The van der Waals surface area contributed by atoms with Crippen LogP contribution in [0, 0.1) is 6.92 Å². The van der Waals surface area contributed by atoms with Gasteiger partial charge in [-0.1, -0.05) is 15.9 Å². The molecule has 0 aliphatic carbocycles. The maximum absolute atomic E-state index is 5.69. The van der Waals surface area contributed by atoms with E-state index in [1.807, 2.05) is 25.1 Å². The first kappa shape index (κ1) is 10.9. The van der Waals surface area contributed by atoms with Gasteiger partial charge in [0.25, 0.3) is 0 Å². The Hall–Kier alpha value is -1.62. The third kappa shape index (κ3) is 2.30. The Bertz CT molecular complexity index is 516. The molecular weight excluding hydrogens is 270 g/mol. The van der Waals surface area contributed by atoms with Crippen LogP contribution >= 0.6 is 15.9 Å². The number of rotatable bonds is 2. The standard InChI is InChI=1S/C11H10BrN3O/c1-7-4-8(12)2-3-10(7)16-11-9(13)5-14-6-15-11/h2-6H,13H2,1H3. The quantitative estimate of drug-likeness (QED) is 0.918. The monoisotopic (exact) mass is 279 g/mol. The lowest BCUT2D eigenvalue weighted by molar-refractivity contribution is 0.460. The SMILES string of the molecule is Cc1cc(Br)ccc1Oc1ncncc1N. The Balaban J connectivity index is 2.31. The van der Waals surface area contributed by atoms with Crippen LogP contribution < -0.4 is 10.5 Å². The van der Waals surface area contributed by atoms with E-state index >= 15 is 0 Å². The van der Waals surface area contributed by atoms with Crippen molar-refractivity contribution in [2.24, 2.45) is 0 Å². The summed E-state index contributed by atoms with van der Waals surface area (Å²) < 4.78 is 6.61. The predicted octanol–water partition coefficient (Wildman–Crippen LogP) is 2.92. The molecule has 0 saturated heterocycles. The Labute approximate surface area is 102 Å². The molecule has 1 heterocycles. The van der Waals surface area contributed by atoms with Crippen molar-refractivity contribution >= 4 is 21.6 Å². The molecule has 0 atom stereocenters. The van der Waals surface area contributed by atoms with Gasteiger partial charge in [-0.3, -0.25) is 0 Å². The molecule has 4 nitrogen and oxygen atoms in total. The molecule has 2 N–H and O–H groups in total. The second-order valence-corrected chi connectivity index (χ2v) is 4.21. The van der Waals surface area contributed by atoms with Gasteiger partial charge in [-0.15, -0.1) is 0 Å². The zero-order chi connectivity index (χ0) is 11.5. The maximum atomic E-state index is 5.69. The third-order valence-electron chi connectivity index (χ3n) is 2.05. The number of hydrogen-bond donors (Lipinski definition) is 1. The molecular formula is C11H10BrN3O. The molecule has 0 fully saturated rings. The molecule has 1 aromatic heterocycles. The minimum atomic E-state index is 0.375. The summed E-state index contributed by atoms with van der Waals surface area (Å²) in [7, 11) is 0. The number of benzene rings is 1. The van der Waals surface area contributed by atoms with E-state index < -0.39 is 0 Å². The molecule has 16 heavy (non-hydrogen) atoms. The average Bonchev–Trinajstić information content (AvgIpc) is 2.25. The Morgan fingerprint density at radius 3 is 2.88 bits per heavy atom. The van der Waals surface area contributed by atoms with Gasteiger partial charge >= 0.3 is 0 Å². The lowest BCUT2D eigenvalue weighted by atomic mass is 10.2. The van der Waals surface area contributed by atoms with Gasteiger partial charge in [0, 0.05) is 4.47 Å². The van der Waals surface area contributed by atoms with Crippen LogP contribution in [0.4, 0.5) is 5.69 Å². The molecule has 1 aromatic carbocycles. The zero-order valence-electron chi connectivity index (χ0n) is 8.64. The minimum Gasteiger partial charge on any atom is -0.437 e. The Morgan fingerprint density at radius 1 is 1.38 bits per heavy atom. The van der Waals surface area contributed by atoms with Crippen LogP contribution in [0.5, 0.6) is 11.6 Å². The van der Waals surface area contributed by atoms with Crippen molar-refractivity contribution < 1.29 is 4.74 Å². The number of anilines is 1. The van der Waals surface area contributed by atoms with Gasteiger partial charge in [0.05, 0.1) is 6.20 Å². The van der Waals surface area contributed by atoms with Gasteiger partial charge in [0.2, 0.25) is 5.88 Å². The van der Waals surface area contributed by atoms with Gasteiger partial charge in [-0.25, -0.2) is 4.98 Å². The second kappa shape index (κ2) is 4.49. The fourth-order valence-electron chi connectivity index (χ4n) is 1.25. The van der Waals surface area contributed by atoms with Crippen LogP contribution in [0.2, 0.25) is 0 Å². The van der Waals surface area contributed by atoms with Crippen LogP contribution in [0.3, 0.4) is 0 Å². The summed E-state index contributed by atoms with van der Waals surface area (Å²) in [6.45, 7) is 1.96. The van der Waals surface area contributed by atoms with Gasteiger partial charge in [-0.05, 0) is 30.7 Å². The number of nitrogen functional groups attached to an aromatic ring is 1. The lowest BCUT2D eigenvalue weighted by Crippen LogP contribution is -1.96. The number of aryl methyl sites for hydroxylation is 1. The summed E-state index contributed by atoms with van der Waals surface area (Å²) in [6, 6.07) is 5.73. The smallest absolute Gasteiger partial charge is 0.245 e. The number of nitrogens with two attached hydrogens (primary N) is 1. The highest BCUT2D eigenvalue weighted by molar-refractivity contribution is 9.10. The van der Waals surface area contributed by atoms with Gasteiger partial charge in [0.15, 0.2) is 0 Å². The van der Waals surface area contributed by atoms with Crippen molar-refractivity contribution in [1.29, 1.82) is 0 Å². The van der Waals surface area contributed by atoms with E-state index in [1.54, 1.807) is 0 Å². The van der Waals surface area contributed by atoms with E-state index in [4.69, 9.17) is 10.5 Å². The van der Waals surface area contributed by atoms with Crippen molar-refractivity contribution in [3.05, 3.63) is 40.8 Å². The molecule has 0 unspecified atom stereocenters. The highest BCUT2D eigenvalue weighted by atomic mass is 79.9. The number of ether oxygens (including phenoxy) is 1. The molecule has 0 aliphatic heterocycles. The van der Waals surface area contributed by atoms with Crippen molar-refractivity contribution in [3.8, 4) is 11.6 Å². The van der Waals surface area contributed by atoms with Crippen molar-refractivity contribution in [2.45, 2.75) is 6.92 Å². The summed E-state index contributed by atoms with van der Waals surface area (Å²) >= 11 is 3.39. The first-order valence-electron chi connectivity index (χ1n) is 4.66. The summed E-state index contributed by atoms with van der Waals surface area (Å²) in [6.07, 6.45) is 2.91. The molecule has 2 rings (SSSR count). The van der Waals surface area contributed by atoms with Crippen molar-refractivity contribution in [2.75, 3.05) is 5.73 Å². The summed E-state index contributed by atoms with van der Waals surface area (Å²) in [5.74, 6) is 1.11. The Kier molecular flexibility index (Phi) is 3.05. The van der Waals surface area contributed by atoms with Crippen LogP contribution in [0.1, 0.15) is 5.56 Å². The van der Waals surface area contributed by atoms with E-state index in [2.05, 4.69) is 25.9 Å². The van der Waals surface area contributed by atoms with Gasteiger partial charge < -0.3 is 10.5 Å². The largest absolute Gasteiger partial charge is 0.437 e. The van der Waals surface area contributed by atoms with Crippen LogP contribution in [0.15, 0.2) is 35.2 Å². The van der Waals surface area contributed by atoms with E-state index in [0.717, 1.165) is 15.8 Å². The normalized spacial score (nSPS) is 10.1. The molecule has 82 valence electrons. The predicted molar refractivity (Wildman–Crippen MR) is 65.4 cm³/mol. The first-order valence-corrected chi connectivity index (χ1v) is 5.45. The zero-order valence-corrected chi connectivity index (χ0v) is 10.2. The number of nitrogens with zero attached hydrogens (tertiary/aromatic N) is 2. The Morgan fingerprint density at radius 2 is 2.19 bits per heavy atom. The van der Waals surface area contributed by atoms with Crippen LogP contribution in [0.25, 0.3) is 0 Å². The maximum Gasteiger partial charge on any atom is 0.245 e. The van der Waals surface area contributed by atoms with E-state index in [0.29, 0.717) is 11.6 Å². The molecule has 5 heteroatoms. The van der Waals surface area contributed by atoms with E-state index in [-0.39, 0.29) is 0 Å². The highest BCUT2D eigenvalue weighted by Gasteiger charge is 2.05. The molecule has 2 aromatic rings. The highest BCUT2D eigenvalue weighted by Crippen LogP contribution is 2.28. The molecule has 0 amide bonds. The van der Waals surface area contributed by atoms with Crippen molar-refractivity contribution in [1.82, 2.24) is 9.97 Å². The van der Waals surface area contributed by atoms with Gasteiger partial charge in [-0.2, -0.15) is 4.98 Å². The number of hydrogen-bond acceptors (Lipinski definition) is 4. The summed E-state index contributed by atoms with van der Waals surface area (Å²) in [5, 5.41) is 0. The number of halogens is 1. The fraction of sp³-hybridized carbons (Fsp3) is 0.0909. The lowest BCUT2D eigenvalue weighted by Gasteiger charge is -2.09. The molecule has 0 spiro atoms. The van der Waals surface area contributed by atoms with Crippen LogP contribution in [-0.4, -0.2) is 9.97 Å². The third-order valence-corrected chi connectivity index (χ3v) is 2.54. The van der Waals surface area contributed by atoms with Gasteiger partial charge in [0.1, 0.15) is 17.8 Å². The molecule has 0 aliphatic rings. The minimum absolute atomic E-state index is 0.375. The molecule has 0 bridgehead atoms.